The predicted molar refractivity (Wildman–Crippen MR) is 121 cm³/mol. The zero-order valence-corrected chi connectivity index (χ0v) is 19.8. The molecule has 0 fully saturated rings. The molecule has 0 N–H and O–H groups in total. The normalized spacial score (nSPS) is 17.1. The van der Waals surface area contributed by atoms with Crippen LogP contribution in [0.3, 0.4) is 0 Å². The Morgan fingerprint density at radius 1 is 1.26 bits per heavy atom. The first-order valence-electron chi connectivity index (χ1n) is 11.2. The first-order chi connectivity index (χ1) is 16.5. The van der Waals surface area contributed by atoms with Crippen molar-refractivity contribution in [2.75, 3.05) is 13.2 Å². The van der Waals surface area contributed by atoms with E-state index in [1.165, 1.54) is 6.20 Å². The van der Waals surface area contributed by atoms with Gasteiger partial charge in [-0.05, 0) is 56.9 Å². The molecule has 1 amide bonds. The summed E-state index contributed by atoms with van der Waals surface area (Å²) >= 11 is 0. The van der Waals surface area contributed by atoms with Crippen LogP contribution < -0.4 is 0 Å². The number of hydrogen-bond acceptors (Lipinski definition) is 5. The van der Waals surface area contributed by atoms with E-state index in [-0.39, 0.29) is 24.9 Å². The number of hydrogen-bond donors (Lipinski definition) is 0. The van der Waals surface area contributed by atoms with Gasteiger partial charge in [-0.3, -0.25) is 4.79 Å². The number of aryl methyl sites for hydroxylation is 1. The van der Waals surface area contributed by atoms with Gasteiger partial charge >= 0.3 is 12.1 Å². The molecule has 3 heterocycles. The number of allylic oxidation sites excluding steroid dienone is 2. The van der Waals surface area contributed by atoms with Crippen LogP contribution in [0.25, 0.3) is 5.82 Å². The average molecular weight is 486 g/mol. The van der Waals surface area contributed by atoms with Crippen LogP contribution in [0, 0.1) is 6.92 Å². The van der Waals surface area contributed by atoms with Crippen molar-refractivity contribution in [1.82, 2.24) is 19.7 Å². The Balaban J connectivity index is 1.61. The van der Waals surface area contributed by atoms with Crippen molar-refractivity contribution in [3.05, 3.63) is 75.8 Å². The Morgan fingerprint density at radius 3 is 2.63 bits per heavy atom. The maximum Gasteiger partial charge on any atom is 0.419 e. The summed E-state index contributed by atoms with van der Waals surface area (Å²) < 4.78 is 45.2. The van der Waals surface area contributed by atoms with Crippen LogP contribution in [0.15, 0.2) is 59.1 Å². The standard InChI is InChI=1S/C25H25F3N4O3/c1-5-35-24(34)21-14(2)7-6-8-19-20(21)13-31(23(19)33)16(4)17-9-15(3)22(29-10-17)32-12-18(11-30-32)25(26,27)28/h6,8-12,16H,5,7,13H2,1-4H3. The van der Waals surface area contributed by atoms with E-state index < -0.39 is 23.8 Å². The molecule has 0 saturated heterocycles. The SMILES string of the molecule is CCOC(=O)C1=C(C)CC=CC2=C1CN(C(C)c1cnc(-n3cc(C(F)(F)F)cn3)c(C)c1)C2=O. The van der Waals surface area contributed by atoms with Crippen LogP contribution in [0.2, 0.25) is 0 Å². The molecular formula is C25H25F3N4O3. The molecule has 0 spiro atoms. The molecule has 1 aliphatic carbocycles. The Labute approximate surface area is 200 Å². The first kappa shape index (κ1) is 24.4. The molecule has 184 valence electrons. The molecule has 2 aromatic heterocycles. The molecule has 0 saturated carbocycles. The number of ether oxygens (including phenoxy) is 1. The van der Waals surface area contributed by atoms with Gasteiger partial charge in [0.15, 0.2) is 5.82 Å². The van der Waals surface area contributed by atoms with Gasteiger partial charge in [0.2, 0.25) is 0 Å². The highest BCUT2D eigenvalue weighted by Crippen LogP contribution is 2.37. The zero-order chi connectivity index (χ0) is 25.5. The summed E-state index contributed by atoms with van der Waals surface area (Å²) in [5, 5.41) is 3.79. The molecule has 10 heteroatoms. The minimum absolute atomic E-state index is 0.205. The molecule has 1 unspecified atom stereocenters. The fourth-order valence-corrected chi connectivity index (χ4v) is 4.35. The molecule has 0 aromatic carbocycles. The Hall–Kier alpha value is -3.69. The van der Waals surface area contributed by atoms with Crippen LogP contribution in [-0.4, -0.2) is 44.7 Å². The summed E-state index contributed by atoms with van der Waals surface area (Å²) in [4.78, 5) is 32.0. The largest absolute Gasteiger partial charge is 0.462 e. The van der Waals surface area contributed by atoms with Gasteiger partial charge in [0, 0.05) is 24.5 Å². The van der Waals surface area contributed by atoms with Gasteiger partial charge in [-0.25, -0.2) is 14.5 Å². The first-order valence-corrected chi connectivity index (χ1v) is 11.2. The van der Waals surface area contributed by atoms with Crippen molar-refractivity contribution in [3.63, 3.8) is 0 Å². The minimum atomic E-state index is -4.49. The molecule has 4 rings (SSSR count). The van der Waals surface area contributed by atoms with E-state index in [1.54, 1.807) is 30.9 Å². The smallest absolute Gasteiger partial charge is 0.419 e. The summed E-state index contributed by atoms with van der Waals surface area (Å²) in [7, 11) is 0. The van der Waals surface area contributed by atoms with Crippen molar-refractivity contribution in [2.45, 2.75) is 46.3 Å². The van der Waals surface area contributed by atoms with E-state index in [2.05, 4.69) is 10.1 Å². The summed E-state index contributed by atoms with van der Waals surface area (Å²) in [6.07, 6.45) is 2.85. The molecule has 2 aromatic rings. The van der Waals surface area contributed by atoms with Crippen molar-refractivity contribution >= 4 is 11.9 Å². The van der Waals surface area contributed by atoms with E-state index in [0.717, 1.165) is 22.6 Å². The highest BCUT2D eigenvalue weighted by molar-refractivity contribution is 6.06. The van der Waals surface area contributed by atoms with Gasteiger partial charge in [0.1, 0.15) is 0 Å². The molecule has 1 atom stereocenters. The number of alkyl halides is 3. The monoisotopic (exact) mass is 486 g/mol. The highest BCUT2D eigenvalue weighted by Gasteiger charge is 2.37. The fourth-order valence-electron chi connectivity index (χ4n) is 4.35. The summed E-state index contributed by atoms with van der Waals surface area (Å²) in [6.45, 7) is 7.63. The third kappa shape index (κ3) is 4.52. The van der Waals surface area contributed by atoms with Gasteiger partial charge in [-0.15, -0.1) is 0 Å². The molecule has 0 radical (unpaired) electrons. The van der Waals surface area contributed by atoms with Crippen LogP contribution in [0.5, 0.6) is 0 Å². The van der Waals surface area contributed by atoms with E-state index in [4.69, 9.17) is 4.74 Å². The molecule has 0 bridgehead atoms. The second-order valence-electron chi connectivity index (χ2n) is 8.56. The van der Waals surface area contributed by atoms with Crippen molar-refractivity contribution < 1.29 is 27.5 Å². The topological polar surface area (TPSA) is 77.3 Å². The maximum absolute atomic E-state index is 13.3. The van der Waals surface area contributed by atoms with E-state index in [9.17, 15) is 22.8 Å². The maximum atomic E-state index is 13.3. The third-order valence-corrected chi connectivity index (χ3v) is 6.21. The predicted octanol–water partition coefficient (Wildman–Crippen LogP) is 4.63. The summed E-state index contributed by atoms with van der Waals surface area (Å²) in [6, 6.07) is 1.39. The second kappa shape index (κ2) is 9.16. The van der Waals surface area contributed by atoms with Crippen LogP contribution in [0.1, 0.15) is 49.9 Å². The second-order valence-corrected chi connectivity index (χ2v) is 8.56. The lowest BCUT2D eigenvalue weighted by molar-refractivity contribution is -0.138. The molecule has 1 aliphatic heterocycles. The Morgan fingerprint density at radius 2 is 2.00 bits per heavy atom. The lowest BCUT2D eigenvalue weighted by Crippen LogP contribution is -2.31. The van der Waals surface area contributed by atoms with E-state index in [1.807, 2.05) is 19.9 Å². The Kier molecular flexibility index (Phi) is 6.40. The number of carbonyl (C=O) groups excluding carboxylic acids is 2. The number of amides is 1. The number of halogens is 3. The van der Waals surface area contributed by atoms with Gasteiger partial charge < -0.3 is 9.64 Å². The van der Waals surface area contributed by atoms with Crippen molar-refractivity contribution in [2.24, 2.45) is 0 Å². The van der Waals surface area contributed by atoms with E-state index >= 15 is 0 Å². The van der Waals surface area contributed by atoms with Crippen molar-refractivity contribution in [3.8, 4) is 5.82 Å². The van der Waals surface area contributed by atoms with Gasteiger partial charge in [0.05, 0.1) is 30.0 Å². The third-order valence-electron chi connectivity index (χ3n) is 6.21. The van der Waals surface area contributed by atoms with Gasteiger partial charge in [-0.2, -0.15) is 18.3 Å². The number of nitrogens with zero attached hydrogens (tertiary/aromatic N) is 4. The summed E-state index contributed by atoms with van der Waals surface area (Å²) in [5.41, 5.74) is 2.85. The average Bonchev–Trinajstić information content (AvgIpc) is 3.36. The van der Waals surface area contributed by atoms with Gasteiger partial charge in [0.25, 0.3) is 5.91 Å². The lowest BCUT2D eigenvalue weighted by atomic mass is 9.98. The van der Waals surface area contributed by atoms with E-state index in [0.29, 0.717) is 34.3 Å². The van der Waals surface area contributed by atoms with Crippen molar-refractivity contribution in [1.29, 1.82) is 0 Å². The number of esters is 1. The number of aromatic nitrogens is 3. The zero-order valence-electron chi connectivity index (χ0n) is 19.8. The summed E-state index contributed by atoms with van der Waals surface area (Å²) in [5.74, 6) is -0.379. The van der Waals surface area contributed by atoms with Gasteiger partial charge in [-0.1, -0.05) is 17.7 Å². The Bertz CT molecular complexity index is 1290. The molecule has 35 heavy (non-hydrogen) atoms. The minimum Gasteiger partial charge on any atom is -0.462 e. The molecule has 7 nitrogen and oxygen atoms in total. The van der Waals surface area contributed by atoms with Crippen LogP contribution >= 0.6 is 0 Å². The van der Waals surface area contributed by atoms with Crippen LogP contribution in [0.4, 0.5) is 13.2 Å². The highest BCUT2D eigenvalue weighted by atomic mass is 19.4. The number of pyridine rings is 1. The van der Waals surface area contributed by atoms with Crippen LogP contribution in [-0.2, 0) is 20.5 Å². The molecular weight excluding hydrogens is 461 g/mol. The number of rotatable bonds is 5. The quantitative estimate of drug-likeness (QED) is 0.576. The fraction of sp³-hybridized carbons (Fsp3) is 0.360. The molecule has 2 aliphatic rings. The lowest BCUT2D eigenvalue weighted by Gasteiger charge is -2.26. The number of carbonyl (C=O) groups is 2.